The first-order chi connectivity index (χ1) is 7.49. The second-order valence-corrected chi connectivity index (χ2v) is 5.28. The van der Waals surface area contributed by atoms with E-state index in [1.54, 1.807) is 0 Å². The highest BCUT2D eigenvalue weighted by Gasteiger charge is 2.25. The van der Waals surface area contributed by atoms with Gasteiger partial charge in [-0.25, -0.2) is 0 Å². The summed E-state index contributed by atoms with van der Waals surface area (Å²) in [5, 5.41) is 3.59. The van der Waals surface area contributed by atoms with Gasteiger partial charge in [0.1, 0.15) is 0 Å². The Labute approximate surface area is 98.7 Å². The summed E-state index contributed by atoms with van der Waals surface area (Å²) in [5.41, 5.74) is 5.53. The standard InChI is InChI=1S/C14H22N2/c1-9-6-12-13(7-10(9)2)15-11(3)8-14(12)16(4)5/h6-7,11,14-15H,8H2,1-5H3. The topological polar surface area (TPSA) is 15.3 Å². The highest BCUT2D eigenvalue weighted by atomic mass is 15.1. The number of fused-ring (bicyclic) bond motifs is 1. The van der Waals surface area contributed by atoms with Crippen LogP contribution in [0.15, 0.2) is 12.1 Å². The summed E-state index contributed by atoms with van der Waals surface area (Å²) in [6.45, 7) is 6.64. The van der Waals surface area contributed by atoms with Crippen molar-refractivity contribution in [1.29, 1.82) is 0 Å². The molecule has 1 aromatic carbocycles. The lowest BCUT2D eigenvalue weighted by atomic mass is 9.90. The third-order valence-corrected chi connectivity index (χ3v) is 3.63. The summed E-state index contributed by atoms with van der Waals surface area (Å²) in [5.74, 6) is 0. The summed E-state index contributed by atoms with van der Waals surface area (Å²) in [4.78, 5) is 2.32. The van der Waals surface area contributed by atoms with Crippen LogP contribution < -0.4 is 5.32 Å². The van der Waals surface area contributed by atoms with Crippen LogP contribution in [0.3, 0.4) is 0 Å². The second kappa shape index (κ2) is 4.10. The predicted molar refractivity (Wildman–Crippen MR) is 70.0 cm³/mol. The van der Waals surface area contributed by atoms with Crippen molar-refractivity contribution in [2.45, 2.75) is 39.3 Å². The van der Waals surface area contributed by atoms with E-state index in [4.69, 9.17) is 0 Å². The number of nitrogens with one attached hydrogen (secondary N) is 1. The fraction of sp³-hybridized carbons (Fsp3) is 0.571. The van der Waals surface area contributed by atoms with Gasteiger partial charge in [-0.05, 0) is 64.0 Å². The Kier molecular flexibility index (Phi) is 2.94. The Balaban J connectivity index is 2.48. The third-order valence-electron chi connectivity index (χ3n) is 3.63. The molecule has 0 saturated heterocycles. The Morgan fingerprint density at radius 2 is 1.81 bits per heavy atom. The minimum Gasteiger partial charge on any atom is -0.382 e. The average molecular weight is 218 g/mol. The van der Waals surface area contributed by atoms with E-state index in [-0.39, 0.29) is 0 Å². The minimum atomic E-state index is 0.547. The van der Waals surface area contributed by atoms with E-state index in [9.17, 15) is 0 Å². The summed E-state index contributed by atoms with van der Waals surface area (Å²) in [6.07, 6.45) is 1.18. The molecule has 2 heteroatoms. The monoisotopic (exact) mass is 218 g/mol. The van der Waals surface area contributed by atoms with Gasteiger partial charge in [0.2, 0.25) is 0 Å². The Morgan fingerprint density at radius 3 is 2.44 bits per heavy atom. The fourth-order valence-electron chi connectivity index (χ4n) is 2.51. The van der Waals surface area contributed by atoms with Crippen LogP contribution in [0.1, 0.15) is 36.1 Å². The van der Waals surface area contributed by atoms with Crippen LogP contribution in [0.2, 0.25) is 0 Å². The fourth-order valence-corrected chi connectivity index (χ4v) is 2.51. The highest BCUT2D eigenvalue weighted by molar-refractivity contribution is 5.59. The normalized spacial score (nSPS) is 24.1. The van der Waals surface area contributed by atoms with Gasteiger partial charge in [-0.2, -0.15) is 0 Å². The van der Waals surface area contributed by atoms with Gasteiger partial charge < -0.3 is 10.2 Å². The van der Waals surface area contributed by atoms with Crippen LogP contribution in [0.5, 0.6) is 0 Å². The molecule has 0 spiro atoms. The van der Waals surface area contributed by atoms with Crippen molar-refractivity contribution >= 4 is 5.69 Å². The van der Waals surface area contributed by atoms with Gasteiger partial charge in [0.25, 0.3) is 0 Å². The van der Waals surface area contributed by atoms with Crippen LogP contribution in [0, 0.1) is 13.8 Å². The van der Waals surface area contributed by atoms with Crippen molar-refractivity contribution in [1.82, 2.24) is 4.90 Å². The number of aryl methyl sites for hydroxylation is 2. The molecule has 16 heavy (non-hydrogen) atoms. The molecule has 1 aromatic rings. The molecule has 2 unspecified atom stereocenters. The van der Waals surface area contributed by atoms with Crippen LogP contribution in [-0.4, -0.2) is 25.0 Å². The molecule has 0 amide bonds. The lowest BCUT2D eigenvalue weighted by Gasteiger charge is -2.35. The molecule has 1 N–H and O–H groups in total. The molecule has 0 aliphatic carbocycles. The van der Waals surface area contributed by atoms with Gasteiger partial charge in [0.15, 0.2) is 0 Å². The van der Waals surface area contributed by atoms with E-state index < -0.39 is 0 Å². The van der Waals surface area contributed by atoms with E-state index in [2.05, 4.69) is 57.2 Å². The number of rotatable bonds is 1. The zero-order chi connectivity index (χ0) is 11.9. The van der Waals surface area contributed by atoms with Gasteiger partial charge in [0, 0.05) is 17.8 Å². The number of hydrogen-bond acceptors (Lipinski definition) is 2. The second-order valence-electron chi connectivity index (χ2n) is 5.28. The first kappa shape index (κ1) is 11.5. The average Bonchev–Trinajstić information content (AvgIpc) is 2.19. The molecule has 1 aliphatic rings. The summed E-state index contributed by atoms with van der Waals surface area (Å²) in [7, 11) is 4.34. The molecule has 1 heterocycles. The van der Waals surface area contributed by atoms with Gasteiger partial charge in [-0.15, -0.1) is 0 Å². The maximum absolute atomic E-state index is 3.59. The van der Waals surface area contributed by atoms with Crippen molar-refractivity contribution in [3.05, 3.63) is 28.8 Å². The van der Waals surface area contributed by atoms with Gasteiger partial charge >= 0.3 is 0 Å². The lowest BCUT2D eigenvalue weighted by molar-refractivity contribution is 0.270. The van der Waals surface area contributed by atoms with E-state index >= 15 is 0 Å². The quantitative estimate of drug-likeness (QED) is 0.779. The molecule has 0 fully saturated rings. The van der Waals surface area contributed by atoms with Crippen molar-refractivity contribution in [3.63, 3.8) is 0 Å². The van der Waals surface area contributed by atoms with E-state index in [1.165, 1.54) is 28.8 Å². The third kappa shape index (κ3) is 1.94. The minimum absolute atomic E-state index is 0.547. The maximum Gasteiger partial charge on any atom is 0.0393 e. The maximum atomic E-state index is 3.59. The first-order valence-electron chi connectivity index (χ1n) is 6.03. The molecule has 0 bridgehead atoms. The smallest absolute Gasteiger partial charge is 0.0393 e. The van der Waals surface area contributed by atoms with Gasteiger partial charge in [0.05, 0.1) is 0 Å². The molecule has 0 saturated carbocycles. The van der Waals surface area contributed by atoms with Crippen molar-refractivity contribution in [3.8, 4) is 0 Å². The number of hydrogen-bond donors (Lipinski definition) is 1. The van der Waals surface area contributed by atoms with Crippen LogP contribution >= 0.6 is 0 Å². The Morgan fingerprint density at radius 1 is 1.19 bits per heavy atom. The largest absolute Gasteiger partial charge is 0.382 e. The highest BCUT2D eigenvalue weighted by Crippen LogP contribution is 2.36. The Bertz CT molecular complexity index is 396. The molecule has 2 atom stereocenters. The van der Waals surface area contributed by atoms with Gasteiger partial charge in [-0.3, -0.25) is 0 Å². The van der Waals surface area contributed by atoms with Crippen molar-refractivity contribution in [2.75, 3.05) is 19.4 Å². The SMILES string of the molecule is Cc1cc2c(cc1C)C(N(C)C)CC(C)N2. The molecule has 88 valence electrons. The molecule has 1 aliphatic heterocycles. The molecular weight excluding hydrogens is 196 g/mol. The summed E-state index contributed by atoms with van der Waals surface area (Å²) in [6, 6.07) is 5.73. The zero-order valence-electron chi connectivity index (χ0n) is 11.0. The van der Waals surface area contributed by atoms with E-state index in [0.717, 1.165) is 0 Å². The molecule has 2 rings (SSSR count). The predicted octanol–water partition coefficient (Wildman–Crippen LogP) is 3.11. The van der Waals surface area contributed by atoms with Crippen LogP contribution in [0.25, 0.3) is 0 Å². The number of anilines is 1. The van der Waals surface area contributed by atoms with Crippen molar-refractivity contribution < 1.29 is 0 Å². The summed E-state index contributed by atoms with van der Waals surface area (Å²) < 4.78 is 0. The van der Waals surface area contributed by atoms with E-state index in [1.807, 2.05) is 0 Å². The van der Waals surface area contributed by atoms with Gasteiger partial charge in [-0.1, -0.05) is 6.07 Å². The van der Waals surface area contributed by atoms with Crippen molar-refractivity contribution in [2.24, 2.45) is 0 Å². The zero-order valence-corrected chi connectivity index (χ0v) is 11.0. The van der Waals surface area contributed by atoms with Crippen LogP contribution in [0.4, 0.5) is 5.69 Å². The van der Waals surface area contributed by atoms with Crippen LogP contribution in [-0.2, 0) is 0 Å². The number of nitrogens with zero attached hydrogens (tertiary/aromatic N) is 1. The summed E-state index contributed by atoms with van der Waals surface area (Å²) >= 11 is 0. The molecule has 0 aromatic heterocycles. The lowest BCUT2D eigenvalue weighted by Crippen LogP contribution is -2.32. The van der Waals surface area contributed by atoms with E-state index in [0.29, 0.717) is 12.1 Å². The number of benzene rings is 1. The Hall–Kier alpha value is -1.02. The molecule has 0 radical (unpaired) electrons. The molecular formula is C14H22N2. The molecule has 2 nitrogen and oxygen atoms in total. The first-order valence-corrected chi connectivity index (χ1v) is 6.03.